The van der Waals surface area contributed by atoms with Gasteiger partial charge in [-0.2, -0.15) is 0 Å². The number of hydrogen-bond donors (Lipinski definition) is 0. The van der Waals surface area contributed by atoms with Crippen molar-refractivity contribution in [3.63, 3.8) is 0 Å². The van der Waals surface area contributed by atoms with E-state index < -0.39 is 0 Å². The molecule has 1 radical (unpaired) electrons. The van der Waals surface area contributed by atoms with Gasteiger partial charge < -0.3 is 0 Å². The molecule has 2 aromatic carbocycles. The Morgan fingerprint density at radius 2 is 1.40 bits per heavy atom. The molecule has 0 aliphatic rings. The Morgan fingerprint density at radius 1 is 0.800 bits per heavy atom. The van der Waals surface area contributed by atoms with E-state index in [1.165, 1.54) is 5.56 Å². The highest BCUT2D eigenvalue weighted by Gasteiger charge is 1.94. The molecule has 0 saturated heterocycles. The fourth-order valence-corrected chi connectivity index (χ4v) is 1.92. The maximum atomic E-state index is 4.42. The van der Waals surface area contributed by atoms with E-state index in [4.69, 9.17) is 0 Å². The molecule has 2 heteroatoms. The fourth-order valence-electron chi connectivity index (χ4n) is 1.24. The van der Waals surface area contributed by atoms with Crippen LogP contribution in [0.4, 0.5) is 5.69 Å². The van der Waals surface area contributed by atoms with Gasteiger partial charge in [0, 0.05) is 5.75 Å². The van der Waals surface area contributed by atoms with Crippen molar-refractivity contribution in [3.05, 3.63) is 66.2 Å². The molecule has 0 atom stereocenters. The molecule has 0 unspecified atom stereocenters. The minimum atomic E-state index is 0.926. The Hall–Kier alpha value is -1.41. The first kappa shape index (κ1) is 10.1. The molecule has 0 amide bonds. The third kappa shape index (κ3) is 3.33. The Bertz CT molecular complexity index is 346. The highest BCUT2D eigenvalue weighted by atomic mass is 32.2. The lowest BCUT2D eigenvalue weighted by molar-refractivity contribution is 1.33. The summed E-state index contributed by atoms with van der Waals surface area (Å²) < 4.78 is 4.42. The predicted molar refractivity (Wildman–Crippen MR) is 66.0 cm³/mol. The van der Waals surface area contributed by atoms with Crippen LogP contribution in [0.3, 0.4) is 0 Å². The van der Waals surface area contributed by atoms with Crippen molar-refractivity contribution >= 4 is 17.6 Å². The normalized spacial score (nSPS) is 9.87. The molecule has 0 saturated carbocycles. The van der Waals surface area contributed by atoms with Crippen molar-refractivity contribution in [1.29, 1.82) is 0 Å². The Balaban J connectivity index is 1.81. The first-order valence-electron chi connectivity index (χ1n) is 4.87. The van der Waals surface area contributed by atoms with Crippen LogP contribution in [0.1, 0.15) is 5.56 Å². The molecule has 0 aliphatic heterocycles. The zero-order valence-electron chi connectivity index (χ0n) is 8.34. The summed E-state index contributed by atoms with van der Waals surface area (Å²) >= 11 is 1.58. The van der Waals surface area contributed by atoms with Crippen LogP contribution in [-0.4, -0.2) is 0 Å². The SMILES string of the molecule is c1ccc(CS[N]c2ccccc2)cc1. The van der Waals surface area contributed by atoms with Crippen molar-refractivity contribution in [2.45, 2.75) is 5.75 Å². The molecule has 0 aromatic heterocycles. The van der Waals surface area contributed by atoms with E-state index in [0.29, 0.717) is 0 Å². The summed E-state index contributed by atoms with van der Waals surface area (Å²) in [6, 6.07) is 20.4. The van der Waals surface area contributed by atoms with E-state index in [1.807, 2.05) is 36.4 Å². The standard InChI is InChI=1S/C13H12NS/c1-3-7-12(8-4-1)11-15-14-13-9-5-2-6-10-13/h1-10H,11H2. The topological polar surface area (TPSA) is 14.1 Å². The molecule has 0 heterocycles. The first-order chi connectivity index (χ1) is 7.45. The molecule has 0 aliphatic carbocycles. The first-order valence-corrected chi connectivity index (χ1v) is 5.81. The van der Waals surface area contributed by atoms with Gasteiger partial charge in [0.05, 0.1) is 5.69 Å². The maximum absolute atomic E-state index is 4.42. The molecule has 2 aromatic rings. The van der Waals surface area contributed by atoms with Crippen LogP contribution in [0.2, 0.25) is 0 Å². The third-order valence-electron chi connectivity index (χ3n) is 2.00. The van der Waals surface area contributed by atoms with Crippen molar-refractivity contribution < 1.29 is 0 Å². The van der Waals surface area contributed by atoms with Gasteiger partial charge in [-0.05, 0) is 29.6 Å². The molecule has 1 nitrogen and oxygen atoms in total. The van der Waals surface area contributed by atoms with E-state index >= 15 is 0 Å². The smallest absolute Gasteiger partial charge is 0.0713 e. The molecule has 0 spiro atoms. The summed E-state index contributed by atoms with van der Waals surface area (Å²) in [7, 11) is 0. The van der Waals surface area contributed by atoms with Gasteiger partial charge in [0.1, 0.15) is 0 Å². The summed E-state index contributed by atoms with van der Waals surface area (Å²) in [5, 5.41) is 0. The van der Waals surface area contributed by atoms with Gasteiger partial charge >= 0.3 is 0 Å². The second kappa shape index (κ2) is 5.47. The number of hydrogen-bond acceptors (Lipinski definition) is 1. The summed E-state index contributed by atoms with van der Waals surface area (Å²) in [6.45, 7) is 0. The monoisotopic (exact) mass is 214 g/mol. The fraction of sp³-hybridized carbons (Fsp3) is 0.0769. The average molecular weight is 214 g/mol. The van der Waals surface area contributed by atoms with Crippen molar-refractivity contribution in [1.82, 2.24) is 4.72 Å². The van der Waals surface area contributed by atoms with Crippen LogP contribution in [0.25, 0.3) is 0 Å². The molecular weight excluding hydrogens is 202 g/mol. The van der Waals surface area contributed by atoms with E-state index in [-0.39, 0.29) is 0 Å². The van der Waals surface area contributed by atoms with Gasteiger partial charge in [-0.15, -0.1) is 0 Å². The van der Waals surface area contributed by atoms with Crippen LogP contribution < -0.4 is 4.72 Å². The van der Waals surface area contributed by atoms with E-state index in [1.54, 1.807) is 11.9 Å². The summed E-state index contributed by atoms with van der Waals surface area (Å²) in [4.78, 5) is 0. The van der Waals surface area contributed by atoms with Gasteiger partial charge in [-0.3, -0.25) is 0 Å². The number of benzene rings is 2. The van der Waals surface area contributed by atoms with Crippen molar-refractivity contribution in [2.75, 3.05) is 0 Å². The van der Waals surface area contributed by atoms with E-state index in [0.717, 1.165) is 11.4 Å². The molecule has 75 valence electrons. The van der Waals surface area contributed by atoms with Gasteiger partial charge in [0.2, 0.25) is 0 Å². The second-order valence-corrected chi connectivity index (χ2v) is 3.92. The highest BCUT2D eigenvalue weighted by Crippen LogP contribution is 2.16. The average Bonchev–Trinajstić information content (AvgIpc) is 2.32. The van der Waals surface area contributed by atoms with Gasteiger partial charge in [-0.1, -0.05) is 48.5 Å². The Labute approximate surface area is 94.7 Å². The van der Waals surface area contributed by atoms with Crippen LogP contribution in [0.15, 0.2) is 60.7 Å². The van der Waals surface area contributed by atoms with Gasteiger partial charge in [0.15, 0.2) is 0 Å². The minimum Gasteiger partial charge on any atom is -0.216 e. The zero-order chi connectivity index (χ0) is 10.3. The molecule has 0 N–H and O–H groups in total. The lowest BCUT2D eigenvalue weighted by atomic mass is 10.2. The zero-order valence-corrected chi connectivity index (χ0v) is 9.15. The number of rotatable bonds is 4. The highest BCUT2D eigenvalue weighted by molar-refractivity contribution is 7.96. The second-order valence-electron chi connectivity index (χ2n) is 3.19. The molecular formula is C13H12NS. The predicted octanol–water partition coefficient (Wildman–Crippen LogP) is 3.77. The lowest BCUT2D eigenvalue weighted by Crippen LogP contribution is -1.86. The largest absolute Gasteiger partial charge is 0.216 e. The minimum absolute atomic E-state index is 0.926. The van der Waals surface area contributed by atoms with Crippen LogP contribution in [0.5, 0.6) is 0 Å². The van der Waals surface area contributed by atoms with E-state index in [9.17, 15) is 0 Å². The van der Waals surface area contributed by atoms with Gasteiger partial charge in [0.25, 0.3) is 0 Å². The third-order valence-corrected chi connectivity index (χ3v) is 2.80. The number of nitrogens with zero attached hydrogens (tertiary/aromatic N) is 1. The maximum Gasteiger partial charge on any atom is 0.0713 e. The molecule has 2 rings (SSSR count). The summed E-state index contributed by atoms with van der Waals surface area (Å²) in [5.41, 5.74) is 2.33. The lowest BCUT2D eigenvalue weighted by Gasteiger charge is -2.01. The van der Waals surface area contributed by atoms with Crippen LogP contribution in [0, 0.1) is 0 Å². The summed E-state index contributed by atoms with van der Waals surface area (Å²) in [6.07, 6.45) is 0. The quantitative estimate of drug-likeness (QED) is 0.707. The Kier molecular flexibility index (Phi) is 3.69. The molecule has 15 heavy (non-hydrogen) atoms. The van der Waals surface area contributed by atoms with Crippen LogP contribution >= 0.6 is 11.9 Å². The molecule has 0 fully saturated rings. The van der Waals surface area contributed by atoms with Crippen molar-refractivity contribution in [2.24, 2.45) is 0 Å². The van der Waals surface area contributed by atoms with Crippen molar-refractivity contribution in [3.8, 4) is 0 Å². The summed E-state index contributed by atoms with van der Waals surface area (Å²) in [5.74, 6) is 0.926. The van der Waals surface area contributed by atoms with Gasteiger partial charge in [-0.25, -0.2) is 4.72 Å². The van der Waals surface area contributed by atoms with Crippen LogP contribution in [-0.2, 0) is 5.75 Å². The Morgan fingerprint density at radius 3 is 2.07 bits per heavy atom. The molecule has 0 bridgehead atoms. The van der Waals surface area contributed by atoms with E-state index in [2.05, 4.69) is 29.0 Å².